The zero-order chi connectivity index (χ0) is 18.0. The second-order valence-corrected chi connectivity index (χ2v) is 6.68. The molecule has 1 unspecified atom stereocenters. The first-order valence-corrected chi connectivity index (χ1v) is 8.71. The number of halogens is 1. The highest BCUT2D eigenvalue weighted by Crippen LogP contribution is 2.35. The number of rotatable bonds is 4. The van der Waals surface area contributed by atoms with Crippen LogP contribution in [0, 0.1) is 6.92 Å². The van der Waals surface area contributed by atoms with Crippen LogP contribution in [0.15, 0.2) is 36.4 Å². The molecule has 6 heteroatoms. The van der Waals surface area contributed by atoms with Gasteiger partial charge in [0.2, 0.25) is 5.91 Å². The molecule has 1 heterocycles. The second-order valence-electron chi connectivity index (χ2n) is 6.27. The molecule has 3 rings (SSSR count). The van der Waals surface area contributed by atoms with Gasteiger partial charge in [0.15, 0.2) is 0 Å². The van der Waals surface area contributed by atoms with Crippen LogP contribution in [-0.4, -0.2) is 25.1 Å². The van der Waals surface area contributed by atoms with Crippen LogP contribution in [0.5, 0.6) is 5.75 Å². The third-order valence-corrected chi connectivity index (χ3v) is 4.69. The molecule has 0 spiro atoms. The van der Waals surface area contributed by atoms with Crippen molar-refractivity contribution in [3.63, 3.8) is 0 Å². The summed E-state index contributed by atoms with van der Waals surface area (Å²) in [5.74, 6) is 0.656. The normalized spacial score (nSPS) is 16.1. The van der Waals surface area contributed by atoms with Crippen molar-refractivity contribution in [1.82, 2.24) is 0 Å². The molecule has 1 aliphatic rings. The van der Waals surface area contributed by atoms with Gasteiger partial charge in [0.05, 0.1) is 18.8 Å². The van der Waals surface area contributed by atoms with Crippen molar-refractivity contribution in [3.8, 4) is 5.75 Å². The number of carbonyl (C=O) groups excluding carboxylic acids is 1. The van der Waals surface area contributed by atoms with E-state index in [1.54, 1.807) is 6.07 Å². The largest absolute Gasteiger partial charge is 0.486 e. The number of hydrogen-bond donors (Lipinski definition) is 2. The molecule has 2 aromatic carbocycles. The lowest BCUT2D eigenvalue weighted by atomic mass is 10.1. The summed E-state index contributed by atoms with van der Waals surface area (Å²) < 4.78 is 5.95. The number of carbonyl (C=O) groups is 1. The molecule has 5 nitrogen and oxygen atoms in total. The quantitative estimate of drug-likeness (QED) is 0.814. The zero-order valence-electron chi connectivity index (χ0n) is 14.4. The van der Waals surface area contributed by atoms with Gasteiger partial charge in [-0.15, -0.1) is 0 Å². The van der Waals surface area contributed by atoms with E-state index in [0.717, 1.165) is 23.4 Å². The third kappa shape index (κ3) is 3.99. The second kappa shape index (κ2) is 7.23. The van der Waals surface area contributed by atoms with E-state index in [-0.39, 0.29) is 18.6 Å². The van der Waals surface area contributed by atoms with Gasteiger partial charge in [0.1, 0.15) is 11.9 Å². The van der Waals surface area contributed by atoms with Crippen molar-refractivity contribution in [2.45, 2.75) is 26.4 Å². The molecule has 1 aliphatic heterocycles. The maximum atomic E-state index is 12.5. The highest BCUT2D eigenvalue weighted by atomic mass is 35.5. The highest BCUT2D eigenvalue weighted by molar-refractivity contribution is 6.31. The Morgan fingerprint density at radius 2 is 2.16 bits per heavy atom. The summed E-state index contributed by atoms with van der Waals surface area (Å²) in [6, 6.07) is 11.0. The Morgan fingerprint density at radius 3 is 2.88 bits per heavy atom. The molecule has 132 valence electrons. The van der Waals surface area contributed by atoms with Crippen LogP contribution < -0.4 is 20.7 Å². The van der Waals surface area contributed by atoms with Gasteiger partial charge in [-0.2, -0.15) is 0 Å². The molecule has 25 heavy (non-hydrogen) atoms. The number of nitrogens with zero attached hydrogens (tertiary/aromatic N) is 1. The Labute approximate surface area is 152 Å². The van der Waals surface area contributed by atoms with E-state index >= 15 is 0 Å². The molecule has 0 fully saturated rings. The Bertz CT molecular complexity index is 794. The summed E-state index contributed by atoms with van der Waals surface area (Å²) >= 11 is 6.12. The molecule has 0 saturated heterocycles. The van der Waals surface area contributed by atoms with Crippen molar-refractivity contribution >= 4 is 34.6 Å². The third-order valence-electron chi connectivity index (χ3n) is 4.29. The van der Waals surface area contributed by atoms with E-state index in [4.69, 9.17) is 22.1 Å². The van der Waals surface area contributed by atoms with Gasteiger partial charge in [-0.3, -0.25) is 4.79 Å². The predicted octanol–water partition coefficient (Wildman–Crippen LogP) is 3.85. The summed E-state index contributed by atoms with van der Waals surface area (Å²) in [4.78, 5) is 14.5. The van der Waals surface area contributed by atoms with Gasteiger partial charge in [-0.05, 0) is 49.2 Å². The molecule has 0 aromatic heterocycles. The Balaban J connectivity index is 1.76. The summed E-state index contributed by atoms with van der Waals surface area (Å²) in [6.07, 6.45) is 0.924. The lowest BCUT2D eigenvalue weighted by Crippen LogP contribution is -2.43. The van der Waals surface area contributed by atoms with Crippen molar-refractivity contribution < 1.29 is 9.53 Å². The Morgan fingerprint density at radius 1 is 1.36 bits per heavy atom. The predicted molar refractivity (Wildman–Crippen MR) is 103 cm³/mol. The molecule has 0 radical (unpaired) electrons. The number of nitrogens with two attached hydrogens (primary N) is 1. The number of amides is 1. The number of nitrogens with one attached hydrogen (secondary N) is 1. The molecular formula is C19H22ClN3O2. The molecule has 0 saturated carbocycles. The Hall–Kier alpha value is -2.40. The van der Waals surface area contributed by atoms with Crippen molar-refractivity contribution in [2.24, 2.45) is 0 Å². The summed E-state index contributed by atoms with van der Waals surface area (Å²) in [7, 11) is 0. The lowest BCUT2D eigenvalue weighted by molar-refractivity contribution is -0.115. The first-order chi connectivity index (χ1) is 12.0. The van der Waals surface area contributed by atoms with Gasteiger partial charge in [0.25, 0.3) is 0 Å². The van der Waals surface area contributed by atoms with E-state index in [1.807, 2.05) is 42.2 Å². The summed E-state index contributed by atoms with van der Waals surface area (Å²) in [6.45, 7) is 4.87. The van der Waals surface area contributed by atoms with Gasteiger partial charge < -0.3 is 20.7 Å². The minimum Gasteiger partial charge on any atom is -0.486 e. The van der Waals surface area contributed by atoms with Crippen LogP contribution in [-0.2, 0) is 4.79 Å². The smallest absolute Gasteiger partial charge is 0.243 e. The summed E-state index contributed by atoms with van der Waals surface area (Å²) in [5.41, 5.74) is 9.06. The van der Waals surface area contributed by atoms with E-state index in [9.17, 15) is 4.79 Å². The van der Waals surface area contributed by atoms with E-state index in [2.05, 4.69) is 12.2 Å². The topological polar surface area (TPSA) is 67.6 Å². The van der Waals surface area contributed by atoms with Gasteiger partial charge >= 0.3 is 0 Å². The number of aryl methyl sites for hydroxylation is 1. The fraction of sp³-hybridized carbons (Fsp3) is 0.316. The van der Waals surface area contributed by atoms with Gasteiger partial charge in [0, 0.05) is 16.4 Å². The first kappa shape index (κ1) is 17.4. The molecule has 1 atom stereocenters. The molecule has 2 aromatic rings. The monoisotopic (exact) mass is 359 g/mol. The van der Waals surface area contributed by atoms with Gasteiger partial charge in [-0.1, -0.05) is 24.6 Å². The van der Waals surface area contributed by atoms with Crippen LogP contribution >= 0.6 is 11.6 Å². The van der Waals surface area contributed by atoms with Crippen molar-refractivity contribution in [2.75, 3.05) is 29.0 Å². The van der Waals surface area contributed by atoms with Crippen LogP contribution in [0.3, 0.4) is 0 Å². The minimum atomic E-state index is -0.106. The number of nitrogen functional groups attached to an aromatic ring is 1. The Kier molecular flexibility index (Phi) is 5.04. The van der Waals surface area contributed by atoms with E-state index < -0.39 is 0 Å². The maximum absolute atomic E-state index is 12.5. The molecular weight excluding hydrogens is 338 g/mol. The van der Waals surface area contributed by atoms with Crippen molar-refractivity contribution in [3.05, 3.63) is 47.0 Å². The SMILES string of the molecule is CCC1CN(CC(=O)Nc2ccc(C)c(Cl)c2)c2cc(N)ccc2O1. The summed E-state index contributed by atoms with van der Waals surface area (Å²) in [5, 5.41) is 3.53. The average Bonchev–Trinajstić information content (AvgIpc) is 2.58. The zero-order valence-corrected chi connectivity index (χ0v) is 15.1. The number of fused-ring (bicyclic) bond motifs is 1. The average molecular weight is 360 g/mol. The fourth-order valence-corrected chi connectivity index (χ4v) is 3.03. The number of ether oxygens (including phenoxy) is 1. The number of benzene rings is 2. The fourth-order valence-electron chi connectivity index (χ4n) is 2.85. The molecule has 0 bridgehead atoms. The van der Waals surface area contributed by atoms with E-state index in [1.165, 1.54) is 0 Å². The van der Waals surface area contributed by atoms with Crippen LogP contribution in [0.2, 0.25) is 5.02 Å². The van der Waals surface area contributed by atoms with Crippen molar-refractivity contribution in [1.29, 1.82) is 0 Å². The maximum Gasteiger partial charge on any atom is 0.243 e. The van der Waals surface area contributed by atoms with Gasteiger partial charge in [-0.25, -0.2) is 0 Å². The highest BCUT2D eigenvalue weighted by Gasteiger charge is 2.26. The van der Waals surface area contributed by atoms with Crippen LogP contribution in [0.1, 0.15) is 18.9 Å². The molecule has 1 amide bonds. The van der Waals surface area contributed by atoms with Crippen LogP contribution in [0.4, 0.5) is 17.1 Å². The van der Waals surface area contributed by atoms with Crippen LogP contribution in [0.25, 0.3) is 0 Å². The number of hydrogen-bond acceptors (Lipinski definition) is 4. The van der Waals surface area contributed by atoms with E-state index in [0.29, 0.717) is 22.9 Å². The first-order valence-electron chi connectivity index (χ1n) is 8.33. The lowest BCUT2D eigenvalue weighted by Gasteiger charge is -2.35. The molecule has 0 aliphatic carbocycles. The minimum absolute atomic E-state index is 0.0535. The standard InChI is InChI=1S/C19H22ClN3O2/c1-3-15-10-23(17-8-13(21)5-7-18(17)25-15)11-19(24)22-14-6-4-12(2)16(20)9-14/h4-9,15H,3,10-11,21H2,1-2H3,(H,22,24). The number of anilines is 3. The molecule has 3 N–H and O–H groups in total.